The van der Waals surface area contributed by atoms with Gasteiger partial charge in [-0.05, 0) is 30.5 Å². The monoisotopic (exact) mass is 296 g/mol. The van der Waals surface area contributed by atoms with Crippen molar-refractivity contribution >= 4 is 15.7 Å². The molecule has 2 N–H and O–H groups in total. The van der Waals surface area contributed by atoms with E-state index >= 15 is 0 Å². The number of amides is 1. The molecule has 1 aromatic rings. The minimum absolute atomic E-state index is 0.000717. The summed E-state index contributed by atoms with van der Waals surface area (Å²) in [6.45, 7) is 1.24. The van der Waals surface area contributed by atoms with Gasteiger partial charge in [0.05, 0.1) is 11.8 Å². The van der Waals surface area contributed by atoms with Crippen molar-refractivity contribution in [1.29, 1.82) is 0 Å². The second-order valence-corrected chi connectivity index (χ2v) is 7.35. The molecule has 1 aliphatic rings. The van der Waals surface area contributed by atoms with Crippen molar-refractivity contribution in [3.05, 3.63) is 35.4 Å². The largest absolute Gasteiger partial charge is 0.351 e. The zero-order chi connectivity index (χ0) is 14.6. The highest BCUT2D eigenvalue weighted by Gasteiger charge is 2.21. The van der Waals surface area contributed by atoms with Gasteiger partial charge >= 0.3 is 0 Å². The first kappa shape index (κ1) is 15.0. The number of benzene rings is 1. The molecular weight excluding hydrogens is 276 g/mol. The Morgan fingerprint density at radius 1 is 1.35 bits per heavy atom. The molecule has 1 aromatic carbocycles. The Hall–Kier alpha value is -1.40. The van der Waals surface area contributed by atoms with Crippen LogP contribution in [0.3, 0.4) is 0 Å². The minimum atomic E-state index is -3.08. The van der Waals surface area contributed by atoms with Crippen LogP contribution in [0.4, 0.5) is 0 Å². The molecule has 2 rings (SSSR count). The summed E-state index contributed by atoms with van der Waals surface area (Å²) in [6.07, 6.45) is 3.09. The van der Waals surface area contributed by atoms with Crippen LogP contribution < -0.4 is 10.6 Å². The Morgan fingerprint density at radius 3 is 2.65 bits per heavy atom. The highest BCUT2D eigenvalue weighted by Crippen LogP contribution is 2.12. The van der Waals surface area contributed by atoms with Crippen LogP contribution in [-0.2, 0) is 26.9 Å². The number of nitrogens with one attached hydrogen (secondary N) is 2. The van der Waals surface area contributed by atoms with Gasteiger partial charge in [-0.1, -0.05) is 24.3 Å². The topological polar surface area (TPSA) is 75.3 Å². The highest BCUT2D eigenvalue weighted by molar-refractivity contribution is 7.89. The van der Waals surface area contributed by atoms with E-state index in [1.54, 1.807) is 6.07 Å². The van der Waals surface area contributed by atoms with Gasteiger partial charge in [-0.2, -0.15) is 0 Å². The summed E-state index contributed by atoms with van der Waals surface area (Å²) in [5.41, 5.74) is 1.60. The summed E-state index contributed by atoms with van der Waals surface area (Å²) in [5, 5.41) is 6.01. The molecule has 0 radical (unpaired) electrons. The quantitative estimate of drug-likeness (QED) is 0.834. The van der Waals surface area contributed by atoms with Gasteiger partial charge in [0.1, 0.15) is 0 Å². The van der Waals surface area contributed by atoms with Gasteiger partial charge in [0.2, 0.25) is 5.91 Å². The van der Waals surface area contributed by atoms with Gasteiger partial charge < -0.3 is 10.6 Å². The number of sulfone groups is 1. The van der Waals surface area contributed by atoms with E-state index in [0.717, 1.165) is 30.5 Å². The molecule has 0 aromatic heterocycles. The summed E-state index contributed by atoms with van der Waals surface area (Å²) < 4.78 is 22.8. The fourth-order valence-corrected chi connectivity index (χ4v) is 3.21. The second kappa shape index (κ2) is 6.37. The lowest BCUT2D eigenvalue weighted by Crippen LogP contribution is -2.40. The Kier molecular flexibility index (Phi) is 4.77. The van der Waals surface area contributed by atoms with Crippen LogP contribution in [0.5, 0.6) is 0 Å². The van der Waals surface area contributed by atoms with E-state index in [9.17, 15) is 13.2 Å². The first-order valence-electron chi connectivity index (χ1n) is 6.71. The van der Waals surface area contributed by atoms with Crippen LogP contribution in [0, 0.1) is 0 Å². The lowest BCUT2D eigenvalue weighted by molar-refractivity contribution is -0.122. The van der Waals surface area contributed by atoms with Crippen molar-refractivity contribution in [2.75, 3.05) is 12.8 Å². The zero-order valence-electron chi connectivity index (χ0n) is 11.6. The molecule has 1 aliphatic heterocycles. The third kappa shape index (κ3) is 4.31. The van der Waals surface area contributed by atoms with E-state index in [2.05, 4.69) is 10.6 Å². The lowest BCUT2D eigenvalue weighted by Gasteiger charge is -2.13. The molecule has 5 nitrogen and oxygen atoms in total. The normalized spacial score (nSPS) is 18.9. The van der Waals surface area contributed by atoms with Gasteiger partial charge in [0.25, 0.3) is 0 Å². The fraction of sp³-hybridized carbons (Fsp3) is 0.500. The highest BCUT2D eigenvalue weighted by atomic mass is 32.2. The van der Waals surface area contributed by atoms with Crippen LogP contribution in [0.2, 0.25) is 0 Å². The molecule has 6 heteroatoms. The zero-order valence-corrected chi connectivity index (χ0v) is 12.4. The fourth-order valence-electron chi connectivity index (χ4n) is 2.37. The van der Waals surface area contributed by atoms with E-state index < -0.39 is 9.84 Å². The first-order chi connectivity index (χ1) is 9.46. The van der Waals surface area contributed by atoms with Crippen molar-refractivity contribution in [3.63, 3.8) is 0 Å². The van der Waals surface area contributed by atoms with Gasteiger partial charge in [-0.3, -0.25) is 4.79 Å². The van der Waals surface area contributed by atoms with E-state index in [1.807, 2.05) is 18.2 Å². The smallest absolute Gasteiger partial charge is 0.237 e. The van der Waals surface area contributed by atoms with E-state index in [1.165, 1.54) is 6.26 Å². The first-order valence-corrected chi connectivity index (χ1v) is 8.77. The third-order valence-corrected chi connectivity index (χ3v) is 4.20. The average Bonchev–Trinajstić information content (AvgIpc) is 2.89. The van der Waals surface area contributed by atoms with E-state index in [0.29, 0.717) is 6.54 Å². The van der Waals surface area contributed by atoms with Gasteiger partial charge in [-0.25, -0.2) is 8.42 Å². The van der Waals surface area contributed by atoms with Crippen LogP contribution in [0.15, 0.2) is 24.3 Å². The second-order valence-electron chi connectivity index (χ2n) is 5.21. The molecule has 0 saturated carbocycles. The maximum Gasteiger partial charge on any atom is 0.237 e. The third-order valence-electron chi connectivity index (χ3n) is 3.37. The van der Waals surface area contributed by atoms with Crippen molar-refractivity contribution in [2.45, 2.75) is 31.2 Å². The number of hydrogen-bond acceptors (Lipinski definition) is 4. The summed E-state index contributed by atoms with van der Waals surface area (Å²) in [6, 6.07) is 7.18. The van der Waals surface area contributed by atoms with Crippen molar-refractivity contribution in [2.24, 2.45) is 0 Å². The number of rotatable bonds is 5. The molecule has 0 aliphatic carbocycles. The van der Waals surface area contributed by atoms with Gasteiger partial charge in [0, 0.05) is 12.8 Å². The molecule has 0 spiro atoms. The average molecular weight is 296 g/mol. The van der Waals surface area contributed by atoms with Crippen LogP contribution >= 0.6 is 0 Å². The Bertz CT molecular complexity index is 578. The van der Waals surface area contributed by atoms with Crippen LogP contribution in [0.1, 0.15) is 24.0 Å². The summed E-state index contributed by atoms with van der Waals surface area (Å²) in [4.78, 5) is 11.9. The molecule has 1 heterocycles. The summed E-state index contributed by atoms with van der Waals surface area (Å²) in [7, 11) is -3.08. The molecule has 1 fully saturated rings. The van der Waals surface area contributed by atoms with Crippen LogP contribution in [-0.4, -0.2) is 33.2 Å². The van der Waals surface area contributed by atoms with Gasteiger partial charge in [0.15, 0.2) is 9.84 Å². The molecule has 110 valence electrons. The summed E-state index contributed by atoms with van der Waals surface area (Å²) >= 11 is 0. The van der Waals surface area contributed by atoms with Crippen molar-refractivity contribution in [1.82, 2.24) is 10.6 Å². The SMILES string of the molecule is CS(=O)(=O)Cc1ccccc1CNC(=O)C1CCCN1. The number of carbonyl (C=O) groups is 1. The lowest BCUT2D eigenvalue weighted by atomic mass is 10.1. The number of hydrogen-bond donors (Lipinski definition) is 2. The van der Waals surface area contributed by atoms with Gasteiger partial charge in [-0.15, -0.1) is 0 Å². The van der Waals surface area contributed by atoms with Crippen molar-refractivity contribution < 1.29 is 13.2 Å². The molecule has 1 amide bonds. The number of carbonyl (C=O) groups excluding carboxylic acids is 1. The minimum Gasteiger partial charge on any atom is -0.351 e. The Balaban J connectivity index is 2.00. The molecule has 1 atom stereocenters. The molecule has 1 unspecified atom stereocenters. The van der Waals surface area contributed by atoms with E-state index in [-0.39, 0.29) is 17.7 Å². The standard InChI is InChI=1S/C14H20N2O3S/c1-20(18,19)10-12-6-3-2-5-11(12)9-16-14(17)13-7-4-8-15-13/h2-3,5-6,13,15H,4,7-10H2,1H3,(H,16,17). The predicted molar refractivity (Wildman–Crippen MR) is 77.9 cm³/mol. The summed E-state index contributed by atoms with van der Waals surface area (Å²) in [5.74, 6) is -0.0163. The Labute approximate surface area is 119 Å². The molecule has 1 saturated heterocycles. The van der Waals surface area contributed by atoms with E-state index in [4.69, 9.17) is 0 Å². The van der Waals surface area contributed by atoms with Crippen molar-refractivity contribution in [3.8, 4) is 0 Å². The predicted octanol–water partition coefficient (Wildman–Crippen LogP) is 0.599. The van der Waals surface area contributed by atoms with Crippen LogP contribution in [0.25, 0.3) is 0 Å². The maximum absolute atomic E-state index is 11.9. The maximum atomic E-state index is 11.9. The molecule has 20 heavy (non-hydrogen) atoms. The molecular formula is C14H20N2O3S. The molecule has 0 bridgehead atoms. The Morgan fingerprint density at radius 2 is 2.05 bits per heavy atom.